The molecular formula is C21H24N2O5S. The molecule has 8 heteroatoms. The van der Waals surface area contributed by atoms with Crippen LogP contribution in [0.2, 0.25) is 0 Å². The highest BCUT2D eigenvalue weighted by Crippen LogP contribution is 2.34. The van der Waals surface area contributed by atoms with E-state index >= 15 is 0 Å². The van der Waals surface area contributed by atoms with Gasteiger partial charge in [0, 0.05) is 26.1 Å². The first-order chi connectivity index (χ1) is 13.9. The first kappa shape index (κ1) is 21.0. The Hall–Kier alpha value is -2.71. The van der Waals surface area contributed by atoms with Gasteiger partial charge in [-0.1, -0.05) is 24.3 Å². The van der Waals surface area contributed by atoms with Crippen LogP contribution in [0.3, 0.4) is 0 Å². The molecular weight excluding hydrogens is 392 g/mol. The van der Waals surface area contributed by atoms with E-state index < -0.39 is 11.9 Å². The van der Waals surface area contributed by atoms with Gasteiger partial charge in [-0.05, 0) is 30.0 Å². The highest BCUT2D eigenvalue weighted by Gasteiger charge is 2.27. The number of amides is 1. The number of anilines is 1. The van der Waals surface area contributed by atoms with E-state index in [4.69, 9.17) is 9.47 Å². The number of carbonyl (C=O) groups is 3. The van der Waals surface area contributed by atoms with Crippen molar-refractivity contribution in [3.05, 3.63) is 51.4 Å². The van der Waals surface area contributed by atoms with Gasteiger partial charge in [0.05, 0.1) is 19.8 Å². The van der Waals surface area contributed by atoms with Crippen molar-refractivity contribution in [1.82, 2.24) is 4.90 Å². The van der Waals surface area contributed by atoms with Gasteiger partial charge < -0.3 is 14.8 Å². The monoisotopic (exact) mass is 416 g/mol. The average molecular weight is 416 g/mol. The van der Waals surface area contributed by atoms with Crippen molar-refractivity contribution in [3.8, 4) is 0 Å². The number of methoxy groups -OCH3 is 2. The lowest BCUT2D eigenvalue weighted by molar-refractivity contribution is -0.116. The zero-order valence-electron chi connectivity index (χ0n) is 16.7. The van der Waals surface area contributed by atoms with E-state index in [9.17, 15) is 14.4 Å². The Kier molecular flexibility index (Phi) is 6.66. The molecule has 1 N–H and O–H groups in total. The Labute approximate surface area is 173 Å². The maximum absolute atomic E-state index is 12.5. The minimum absolute atomic E-state index is 0.193. The summed E-state index contributed by atoms with van der Waals surface area (Å²) in [7, 11) is 2.53. The second kappa shape index (κ2) is 9.19. The maximum Gasteiger partial charge on any atom is 0.348 e. The molecule has 3 rings (SSSR count). The SMILES string of the molecule is COC(=O)c1sc(NC(=O)CCN2CCc3ccccc3C2)c(C(=O)OC)c1C. The van der Waals surface area contributed by atoms with Gasteiger partial charge in [0.25, 0.3) is 0 Å². The van der Waals surface area contributed by atoms with Gasteiger partial charge in [0.2, 0.25) is 5.91 Å². The van der Waals surface area contributed by atoms with Crippen LogP contribution in [0.4, 0.5) is 5.00 Å². The smallest absolute Gasteiger partial charge is 0.348 e. The maximum atomic E-state index is 12.5. The largest absolute Gasteiger partial charge is 0.465 e. The molecule has 0 spiro atoms. The van der Waals surface area contributed by atoms with Crippen LogP contribution < -0.4 is 5.32 Å². The second-order valence-electron chi connectivity index (χ2n) is 6.84. The first-order valence-electron chi connectivity index (χ1n) is 9.33. The number of carbonyl (C=O) groups excluding carboxylic acids is 3. The third-order valence-electron chi connectivity index (χ3n) is 5.02. The van der Waals surface area contributed by atoms with Crippen molar-refractivity contribution in [1.29, 1.82) is 0 Å². The Bertz CT molecular complexity index is 937. The molecule has 1 aliphatic heterocycles. The van der Waals surface area contributed by atoms with Crippen molar-refractivity contribution in [2.45, 2.75) is 26.3 Å². The summed E-state index contributed by atoms with van der Waals surface area (Å²) in [5, 5.41) is 3.08. The molecule has 2 aromatic rings. The van der Waals surface area contributed by atoms with E-state index in [1.165, 1.54) is 25.3 Å². The fourth-order valence-electron chi connectivity index (χ4n) is 3.43. The van der Waals surface area contributed by atoms with E-state index in [0.29, 0.717) is 17.1 Å². The lowest BCUT2D eigenvalue weighted by atomic mass is 10.00. The number of hydrogen-bond acceptors (Lipinski definition) is 7. The molecule has 0 atom stereocenters. The van der Waals surface area contributed by atoms with Crippen LogP contribution >= 0.6 is 11.3 Å². The van der Waals surface area contributed by atoms with Crippen LogP contribution in [0.15, 0.2) is 24.3 Å². The number of nitrogens with one attached hydrogen (secondary N) is 1. The van der Waals surface area contributed by atoms with E-state index in [-0.39, 0.29) is 22.8 Å². The number of thiophene rings is 1. The molecule has 0 bridgehead atoms. The molecule has 2 heterocycles. The van der Waals surface area contributed by atoms with Crippen molar-refractivity contribution in [3.63, 3.8) is 0 Å². The van der Waals surface area contributed by atoms with Gasteiger partial charge in [0.1, 0.15) is 9.88 Å². The van der Waals surface area contributed by atoms with Crippen LogP contribution in [0.25, 0.3) is 0 Å². The van der Waals surface area contributed by atoms with Crippen LogP contribution in [0.1, 0.15) is 43.1 Å². The van der Waals surface area contributed by atoms with Crippen LogP contribution in [-0.2, 0) is 27.2 Å². The number of benzene rings is 1. The predicted octanol–water partition coefficient (Wildman–Crippen LogP) is 3.02. The molecule has 1 aromatic heterocycles. The number of esters is 2. The Morgan fingerprint density at radius 3 is 2.48 bits per heavy atom. The first-order valence-corrected chi connectivity index (χ1v) is 10.1. The molecule has 0 unspecified atom stereocenters. The molecule has 7 nitrogen and oxygen atoms in total. The second-order valence-corrected chi connectivity index (χ2v) is 7.86. The van der Waals surface area contributed by atoms with Gasteiger partial charge in [-0.15, -0.1) is 11.3 Å². The fourth-order valence-corrected chi connectivity index (χ4v) is 4.56. The molecule has 29 heavy (non-hydrogen) atoms. The van der Waals surface area contributed by atoms with Gasteiger partial charge in [-0.25, -0.2) is 9.59 Å². The topological polar surface area (TPSA) is 84.9 Å². The molecule has 154 valence electrons. The molecule has 0 saturated carbocycles. The van der Waals surface area contributed by atoms with Gasteiger partial charge >= 0.3 is 11.9 Å². The van der Waals surface area contributed by atoms with Gasteiger partial charge in [-0.3, -0.25) is 9.69 Å². The van der Waals surface area contributed by atoms with Crippen LogP contribution in [-0.4, -0.2) is 50.1 Å². The van der Waals surface area contributed by atoms with E-state index in [1.807, 2.05) is 12.1 Å². The summed E-state index contributed by atoms with van der Waals surface area (Å²) in [5.74, 6) is -1.37. The number of rotatable bonds is 6. The Balaban J connectivity index is 1.66. The lowest BCUT2D eigenvalue weighted by Crippen LogP contribution is -2.33. The molecule has 1 amide bonds. The highest BCUT2D eigenvalue weighted by atomic mass is 32.1. The summed E-state index contributed by atoms with van der Waals surface area (Å²) in [4.78, 5) is 39.1. The quantitative estimate of drug-likeness (QED) is 0.729. The van der Waals surface area contributed by atoms with Crippen molar-refractivity contribution in [2.24, 2.45) is 0 Å². The van der Waals surface area contributed by atoms with Gasteiger partial charge in [-0.2, -0.15) is 0 Å². The standard InChI is InChI=1S/C21H24N2O5S/c1-13-17(20(25)27-2)19(29-18(13)21(26)28-3)22-16(24)9-11-23-10-8-14-6-4-5-7-15(14)12-23/h4-7H,8-12H2,1-3H3,(H,22,24). The molecule has 1 aromatic carbocycles. The lowest BCUT2D eigenvalue weighted by Gasteiger charge is -2.28. The third-order valence-corrected chi connectivity index (χ3v) is 6.21. The van der Waals surface area contributed by atoms with Crippen LogP contribution in [0.5, 0.6) is 0 Å². The highest BCUT2D eigenvalue weighted by molar-refractivity contribution is 7.18. The van der Waals surface area contributed by atoms with E-state index in [0.717, 1.165) is 30.8 Å². The summed E-state index contributed by atoms with van der Waals surface area (Å²) in [6, 6.07) is 8.34. The minimum Gasteiger partial charge on any atom is -0.465 e. The number of fused-ring (bicyclic) bond motifs is 1. The number of hydrogen-bond donors (Lipinski definition) is 1. The Morgan fingerprint density at radius 1 is 1.10 bits per heavy atom. The van der Waals surface area contributed by atoms with Crippen molar-refractivity contribution < 1.29 is 23.9 Å². The number of ether oxygens (including phenoxy) is 2. The van der Waals surface area contributed by atoms with E-state index in [2.05, 4.69) is 22.3 Å². The fraction of sp³-hybridized carbons (Fsp3) is 0.381. The van der Waals surface area contributed by atoms with Crippen molar-refractivity contribution in [2.75, 3.05) is 32.6 Å². The predicted molar refractivity (Wildman–Crippen MR) is 110 cm³/mol. The zero-order valence-corrected chi connectivity index (χ0v) is 17.6. The molecule has 0 fully saturated rings. The number of nitrogens with zero attached hydrogens (tertiary/aromatic N) is 1. The minimum atomic E-state index is -0.600. The summed E-state index contributed by atoms with van der Waals surface area (Å²) in [6.45, 7) is 3.97. The zero-order chi connectivity index (χ0) is 21.0. The molecule has 0 saturated heterocycles. The molecule has 0 radical (unpaired) electrons. The van der Waals surface area contributed by atoms with E-state index in [1.54, 1.807) is 6.92 Å². The molecule has 0 aliphatic carbocycles. The average Bonchev–Trinajstić information content (AvgIpc) is 3.06. The Morgan fingerprint density at radius 2 is 1.79 bits per heavy atom. The van der Waals surface area contributed by atoms with Gasteiger partial charge in [0.15, 0.2) is 0 Å². The summed E-state index contributed by atoms with van der Waals surface area (Å²) < 4.78 is 9.57. The third kappa shape index (κ3) is 4.65. The summed E-state index contributed by atoms with van der Waals surface area (Å²) in [6.07, 6.45) is 1.25. The van der Waals surface area contributed by atoms with Crippen LogP contribution in [0, 0.1) is 6.92 Å². The summed E-state index contributed by atoms with van der Waals surface area (Å²) in [5.41, 5.74) is 3.29. The van der Waals surface area contributed by atoms with Crippen molar-refractivity contribution >= 4 is 34.2 Å². The normalized spacial score (nSPS) is 13.5. The summed E-state index contributed by atoms with van der Waals surface area (Å²) >= 11 is 1.02. The molecule has 1 aliphatic rings.